The number of alkyl halides is 2. The zero-order chi connectivity index (χ0) is 8.43. The molecule has 0 unspecified atom stereocenters. The van der Waals surface area contributed by atoms with E-state index in [1.165, 1.54) is 10.7 Å². The SMILES string of the molecule is Cn1nc(C(F)F)cc1CN. The highest BCUT2D eigenvalue weighted by Crippen LogP contribution is 2.17. The van der Waals surface area contributed by atoms with Crippen LogP contribution in [0.15, 0.2) is 6.07 Å². The van der Waals surface area contributed by atoms with Crippen LogP contribution in [-0.2, 0) is 13.6 Å². The third-order valence-electron chi connectivity index (χ3n) is 1.43. The van der Waals surface area contributed by atoms with Crippen LogP contribution in [0.4, 0.5) is 8.78 Å². The number of hydrogen-bond acceptors (Lipinski definition) is 2. The third kappa shape index (κ3) is 1.54. The summed E-state index contributed by atoms with van der Waals surface area (Å²) in [5.41, 5.74) is 5.65. The molecule has 1 heterocycles. The second-order valence-electron chi connectivity index (χ2n) is 2.19. The van der Waals surface area contributed by atoms with E-state index >= 15 is 0 Å². The van der Waals surface area contributed by atoms with Crippen LogP contribution in [0, 0.1) is 0 Å². The molecule has 1 rings (SSSR count). The summed E-state index contributed by atoms with van der Waals surface area (Å²) < 4.78 is 25.3. The summed E-state index contributed by atoms with van der Waals surface area (Å²) in [7, 11) is 1.59. The standard InChI is InChI=1S/C6H9F2N3/c1-11-4(3-9)2-5(10-11)6(7)8/h2,6H,3,9H2,1H3. The first-order chi connectivity index (χ1) is 5.15. The Morgan fingerprint density at radius 2 is 2.36 bits per heavy atom. The van der Waals surface area contributed by atoms with Gasteiger partial charge in [-0.05, 0) is 6.07 Å². The van der Waals surface area contributed by atoms with Crippen LogP contribution in [0.5, 0.6) is 0 Å². The van der Waals surface area contributed by atoms with E-state index in [2.05, 4.69) is 5.10 Å². The molecule has 3 nitrogen and oxygen atoms in total. The van der Waals surface area contributed by atoms with Crippen molar-refractivity contribution in [2.45, 2.75) is 13.0 Å². The van der Waals surface area contributed by atoms with Crippen LogP contribution in [0.1, 0.15) is 17.8 Å². The molecular weight excluding hydrogens is 152 g/mol. The van der Waals surface area contributed by atoms with Crippen molar-refractivity contribution in [3.8, 4) is 0 Å². The molecule has 0 aliphatic carbocycles. The number of nitrogens with zero attached hydrogens (tertiary/aromatic N) is 2. The minimum Gasteiger partial charge on any atom is -0.325 e. The molecular formula is C6H9F2N3. The van der Waals surface area contributed by atoms with Crippen molar-refractivity contribution in [3.63, 3.8) is 0 Å². The normalized spacial score (nSPS) is 11.0. The number of halogens is 2. The maximum Gasteiger partial charge on any atom is 0.282 e. The molecule has 2 N–H and O–H groups in total. The molecule has 0 aliphatic heterocycles. The summed E-state index contributed by atoms with van der Waals surface area (Å²) in [6, 6.07) is 1.31. The van der Waals surface area contributed by atoms with Gasteiger partial charge in [0.25, 0.3) is 6.43 Å². The lowest BCUT2D eigenvalue weighted by Crippen LogP contribution is -2.03. The maximum absolute atomic E-state index is 12.0. The number of hydrogen-bond donors (Lipinski definition) is 1. The summed E-state index contributed by atoms with van der Waals surface area (Å²) in [6.07, 6.45) is -2.51. The van der Waals surface area contributed by atoms with Crippen molar-refractivity contribution in [1.29, 1.82) is 0 Å². The highest BCUT2D eigenvalue weighted by atomic mass is 19.3. The Kier molecular flexibility index (Phi) is 2.19. The van der Waals surface area contributed by atoms with Gasteiger partial charge in [-0.15, -0.1) is 0 Å². The van der Waals surface area contributed by atoms with Gasteiger partial charge in [0.2, 0.25) is 0 Å². The Hall–Kier alpha value is -0.970. The molecule has 0 radical (unpaired) electrons. The molecule has 1 aromatic heterocycles. The van der Waals surface area contributed by atoms with E-state index in [0.717, 1.165) is 0 Å². The van der Waals surface area contributed by atoms with Crippen molar-refractivity contribution in [1.82, 2.24) is 9.78 Å². The average Bonchev–Trinajstić information content (AvgIpc) is 2.31. The summed E-state index contributed by atoms with van der Waals surface area (Å²) in [6.45, 7) is 0.232. The molecule has 0 spiro atoms. The Morgan fingerprint density at radius 1 is 1.73 bits per heavy atom. The van der Waals surface area contributed by atoms with E-state index in [1.807, 2.05) is 0 Å². The number of aromatic nitrogens is 2. The first-order valence-corrected chi connectivity index (χ1v) is 3.16. The molecule has 0 amide bonds. The summed E-state index contributed by atoms with van der Waals surface area (Å²) in [5.74, 6) is 0. The first kappa shape index (κ1) is 8.13. The van der Waals surface area contributed by atoms with Gasteiger partial charge >= 0.3 is 0 Å². The highest BCUT2D eigenvalue weighted by molar-refractivity contribution is 5.10. The minimum atomic E-state index is -2.51. The molecule has 0 fully saturated rings. The molecule has 0 saturated carbocycles. The van der Waals surface area contributed by atoms with Crippen LogP contribution >= 0.6 is 0 Å². The van der Waals surface area contributed by atoms with Crippen LogP contribution in [0.2, 0.25) is 0 Å². The fraction of sp³-hybridized carbons (Fsp3) is 0.500. The van der Waals surface area contributed by atoms with Crippen molar-refractivity contribution in [2.24, 2.45) is 12.8 Å². The average molecular weight is 161 g/mol. The maximum atomic E-state index is 12.0. The number of rotatable bonds is 2. The van der Waals surface area contributed by atoms with Crippen LogP contribution in [0.25, 0.3) is 0 Å². The fourth-order valence-corrected chi connectivity index (χ4v) is 0.828. The predicted octanol–water partition coefficient (Wildman–Crippen LogP) is 0.816. The van der Waals surface area contributed by atoms with Gasteiger partial charge in [0, 0.05) is 13.6 Å². The van der Waals surface area contributed by atoms with Gasteiger partial charge in [0.15, 0.2) is 0 Å². The van der Waals surface area contributed by atoms with Gasteiger partial charge in [0.05, 0.1) is 5.69 Å². The molecule has 1 aromatic rings. The zero-order valence-corrected chi connectivity index (χ0v) is 6.09. The van der Waals surface area contributed by atoms with Gasteiger partial charge in [-0.1, -0.05) is 0 Å². The summed E-state index contributed by atoms with van der Waals surface area (Å²) in [5, 5.41) is 3.57. The van der Waals surface area contributed by atoms with E-state index in [0.29, 0.717) is 5.69 Å². The van der Waals surface area contributed by atoms with E-state index in [9.17, 15) is 8.78 Å². The first-order valence-electron chi connectivity index (χ1n) is 3.16. The minimum absolute atomic E-state index is 0.215. The molecule has 0 aliphatic rings. The fourth-order valence-electron chi connectivity index (χ4n) is 0.828. The Bertz CT molecular complexity index is 244. The Morgan fingerprint density at radius 3 is 2.64 bits per heavy atom. The van der Waals surface area contributed by atoms with Gasteiger partial charge < -0.3 is 5.73 Å². The third-order valence-corrected chi connectivity index (χ3v) is 1.43. The highest BCUT2D eigenvalue weighted by Gasteiger charge is 2.12. The zero-order valence-electron chi connectivity index (χ0n) is 6.09. The Labute approximate surface area is 62.8 Å². The molecule has 0 atom stereocenters. The molecule has 0 aromatic carbocycles. The van der Waals surface area contributed by atoms with Crippen LogP contribution in [-0.4, -0.2) is 9.78 Å². The van der Waals surface area contributed by atoms with E-state index < -0.39 is 6.43 Å². The summed E-state index contributed by atoms with van der Waals surface area (Å²) in [4.78, 5) is 0. The van der Waals surface area contributed by atoms with E-state index in [-0.39, 0.29) is 12.2 Å². The van der Waals surface area contributed by atoms with Crippen molar-refractivity contribution < 1.29 is 8.78 Å². The van der Waals surface area contributed by atoms with Crippen LogP contribution in [0.3, 0.4) is 0 Å². The summed E-state index contributed by atoms with van der Waals surface area (Å²) >= 11 is 0. The quantitative estimate of drug-likeness (QED) is 0.697. The van der Waals surface area contributed by atoms with E-state index in [4.69, 9.17) is 5.73 Å². The number of nitrogens with two attached hydrogens (primary N) is 1. The van der Waals surface area contributed by atoms with Crippen molar-refractivity contribution in [2.75, 3.05) is 0 Å². The van der Waals surface area contributed by atoms with Crippen LogP contribution < -0.4 is 5.73 Å². The monoisotopic (exact) mass is 161 g/mol. The second-order valence-corrected chi connectivity index (χ2v) is 2.19. The van der Waals surface area contributed by atoms with Crippen molar-refractivity contribution in [3.05, 3.63) is 17.5 Å². The largest absolute Gasteiger partial charge is 0.325 e. The molecule has 11 heavy (non-hydrogen) atoms. The second kappa shape index (κ2) is 2.96. The lowest BCUT2D eigenvalue weighted by molar-refractivity contribution is 0.145. The van der Waals surface area contributed by atoms with Crippen molar-refractivity contribution >= 4 is 0 Å². The lowest BCUT2D eigenvalue weighted by atomic mass is 10.3. The molecule has 0 bridgehead atoms. The van der Waals surface area contributed by atoms with Gasteiger partial charge in [-0.25, -0.2) is 8.78 Å². The molecule has 0 saturated heterocycles. The van der Waals surface area contributed by atoms with E-state index in [1.54, 1.807) is 7.05 Å². The van der Waals surface area contributed by atoms with Gasteiger partial charge in [-0.2, -0.15) is 5.10 Å². The lowest BCUT2D eigenvalue weighted by Gasteiger charge is -1.93. The molecule has 62 valence electrons. The Balaban J connectivity index is 2.95. The number of aryl methyl sites for hydroxylation is 1. The smallest absolute Gasteiger partial charge is 0.282 e. The van der Waals surface area contributed by atoms with Gasteiger partial charge in [-0.3, -0.25) is 4.68 Å². The topological polar surface area (TPSA) is 43.8 Å². The predicted molar refractivity (Wildman–Crippen MR) is 36.1 cm³/mol. The van der Waals surface area contributed by atoms with Gasteiger partial charge in [0.1, 0.15) is 5.69 Å². The molecule has 5 heteroatoms.